The highest BCUT2D eigenvalue weighted by molar-refractivity contribution is 7.13. The number of carbonyl (C=O) groups excluding carboxylic acids is 1. The second-order valence-electron chi connectivity index (χ2n) is 4.01. The van der Waals surface area contributed by atoms with E-state index in [2.05, 4.69) is 10.3 Å². The summed E-state index contributed by atoms with van der Waals surface area (Å²) in [4.78, 5) is 16.3. The summed E-state index contributed by atoms with van der Waals surface area (Å²) < 4.78 is 0. The summed E-state index contributed by atoms with van der Waals surface area (Å²) in [6.45, 7) is 2.52. The summed E-state index contributed by atoms with van der Waals surface area (Å²) in [7, 11) is 0. The van der Waals surface area contributed by atoms with E-state index in [4.69, 9.17) is 5.73 Å². The van der Waals surface area contributed by atoms with E-state index in [0.717, 1.165) is 17.7 Å². The van der Waals surface area contributed by atoms with E-state index in [9.17, 15) is 4.79 Å². The van der Waals surface area contributed by atoms with Gasteiger partial charge in [-0.15, -0.1) is 11.3 Å². The molecule has 4 nitrogen and oxygen atoms in total. The smallest absolute Gasteiger partial charge is 0.257 e. The first kappa shape index (κ1) is 12.7. The summed E-state index contributed by atoms with van der Waals surface area (Å²) in [5.41, 5.74) is 8.08. The number of anilines is 1. The average molecular weight is 261 g/mol. The van der Waals surface area contributed by atoms with Crippen LogP contribution in [0.5, 0.6) is 0 Å². The predicted molar refractivity (Wildman–Crippen MR) is 74.0 cm³/mol. The van der Waals surface area contributed by atoms with Crippen LogP contribution in [0.25, 0.3) is 0 Å². The molecule has 1 heterocycles. The first-order chi connectivity index (χ1) is 8.69. The number of thiazole rings is 1. The Balaban J connectivity index is 2.06. The van der Waals surface area contributed by atoms with E-state index in [1.54, 1.807) is 6.07 Å². The van der Waals surface area contributed by atoms with Crippen molar-refractivity contribution in [2.45, 2.75) is 13.3 Å². The van der Waals surface area contributed by atoms with Gasteiger partial charge >= 0.3 is 0 Å². The molecule has 1 aromatic heterocycles. The molecule has 0 radical (unpaired) electrons. The Labute approximate surface area is 110 Å². The van der Waals surface area contributed by atoms with Crippen LogP contribution < -0.4 is 11.1 Å². The normalized spacial score (nSPS) is 10.3. The van der Waals surface area contributed by atoms with Crippen LogP contribution in [0.1, 0.15) is 21.6 Å². The van der Waals surface area contributed by atoms with Crippen LogP contribution in [0.2, 0.25) is 0 Å². The zero-order chi connectivity index (χ0) is 13.0. The largest absolute Gasteiger partial charge is 0.330 e. The molecule has 0 aliphatic carbocycles. The van der Waals surface area contributed by atoms with Crippen LogP contribution in [0, 0.1) is 6.92 Å². The van der Waals surface area contributed by atoms with Crippen molar-refractivity contribution in [3.05, 3.63) is 46.5 Å². The molecule has 0 spiro atoms. The number of rotatable bonds is 4. The zero-order valence-electron chi connectivity index (χ0n) is 10.1. The SMILES string of the molecule is Cc1cccc(C(=O)Nc2nc(CCN)cs2)c1. The molecule has 0 atom stereocenters. The van der Waals surface area contributed by atoms with Crippen molar-refractivity contribution in [3.8, 4) is 0 Å². The van der Waals surface area contributed by atoms with Gasteiger partial charge in [-0.1, -0.05) is 17.7 Å². The fraction of sp³-hybridized carbons (Fsp3) is 0.231. The minimum atomic E-state index is -0.132. The number of amides is 1. The number of hydrogen-bond donors (Lipinski definition) is 2. The van der Waals surface area contributed by atoms with Gasteiger partial charge in [-0.3, -0.25) is 10.1 Å². The molecule has 1 aromatic carbocycles. The van der Waals surface area contributed by atoms with Gasteiger partial charge in [0.05, 0.1) is 5.69 Å². The number of nitrogens with one attached hydrogen (secondary N) is 1. The van der Waals surface area contributed by atoms with Gasteiger partial charge in [0, 0.05) is 17.4 Å². The fourth-order valence-electron chi connectivity index (χ4n) is 1.58. The van der Waals surface area contributed by atoms with E-state index in [1.165, 1.54) is 11.3 Å². The molecule has 1 amide bonds. The number of aryl methyl sites for hydroxylation is 1. The third kappa shape index (κ3) is 3.15. The van der Waals surface area contributed by atoms with Gasteiger partial charge in [-0.05, 0) is 25.6 Å². The van der Waals surface area contributed by atoms with E-state index < -0.39 is 0 Å². The maximum Gasteiger partial charge on any atom is 0.257 e. The highest BCUT2D eigenvalue weighted by atomic mass is 32.1. The lowest BCUT2D eigenvalue weighted by atomic mass is 10.1. The minimum absolute atomic E-state index is 0.132. The third-order valence-electron chi connectivity index (χ3n) is 2.45. The second-order valence-corrected chi connectivity index (χ2v) is 4.86. The van der Waals surface area contributed by atoms with Gasteiger partial charge in [0.25, 0.3) is 5.91 Å². The van der Waals surface area contributed by atoms with Gasteiger partial charge in [0.1, 0.15) is 0 Å². The lowest BCUT2D eigenvalue weighted by Gasteiger charge is -2.02. The van der Waals surface area contributed by atoms with E-state index >= 15 is 0 Å². The number of nitrogens with zero attached hydrogens (tertiary/aromatic N) is 1. The molecule has 3 N–H and O–H groups in total. The highest BCUT2D eigenvalue weighted by Gasteiger charge is 2.08. The highest BCUT2D eigenvalue weighted by Crippen LogP contribution is 2.16. The Morgan fingerprint density at radius 3 is 3.06 bits per heavy atom. The number of aromatic nitrogens is 1. The number of benzene rings is 1. The monoisotopic (exact) mass is 261 g/mol. The first-order valence-corrected chi connectivity index (χ1v) is 6.59. The Hall–Kier alpha value is -1.72. The maximum atomic E-state index is 12.0. The van der Waals surface area contributed by atoms with Gasteiger partial charge in [-0.2, -0.15) is 0 Å². The number of carbonyl (C=O) groups is 1. The summed E-state index contributed by atoms with van der Waals surface area (Å²) in [6, 6.07) is 7.46. The van der Waals surface area contributed by atoms with Gasteiger partial charge in [0.2, 0.25) is 0 Å². The summed E-state index contributed by atoms with van der Waals surface area (Å²) in [5, 5.41) is 5.32. The van der Waals surface area contributed by atoms with E-state index in [0.29, 0.717) is 17.2 Å². The molecular weight excluding hydrogens is 246 g/mol. The van der Waals surface area contributed by atoms with Crippen molar-refractivity contribution in [1.82, 2.24) is 4.98 Å². The Morgan fingerprint density at radius 2 is 2.33 bits per heavy atom. The van der Waals surface area contributed by atoms with Crippen molar-refractivity contribution in [2.75, 3.05) is 11.9 Å². The first-order valence-electron chi connectivity index (χ1n) is 5.71. The van der Waals surface area contributed by atoms with Crippen LogP contribution in [-0.2, 0) is 6.42 Å². The molecule has 0 bridgehead atoms. The van der Waals surface area contributed by atoms with Crippen LogP contribution >= 0.6 is 11.3 Å². The Kier molecular flexibility index (Phi) is 4.07. The third-order valence-corrected chi connectivity index (χ3v) is 3.26. The van der Waals surface area contributed by atoms with Gasteiger partial charge in [0.15, 0.2) is 5.13 Å². The number of nitrogens with two attached hydrogens (primary N) is 1. The summed E-state index contributed by atoms with van der Waals surface area (Å²) in [5.74, 6) is -0.132. The molecule has 0 saturated carbocycles. The van der Waals surface area contributed by atoms with Gasteiger partial charge in [-0.25, -0.2) is 4.98 Å². The van der Waals surface area contributed by atoms with E-state index in [1.807, 2.05) is 30.5 Å². The molecule has 0 saturated heterocycles. The second kappa shape index (κ2) is 5.75. The predicted octanol–water partition coefficient (Wildman–Crippen LogP) is 2.21. The zero-order valence-corrected chi connectivity index (χ0v) is 11.0. The molecular formula is C13H15N3OS. The van der Waals surface area contributed by atoms with Crippen molar-refractivity contribution in [1.29, 1.82) is 0 Å². The Bertz CT molecular complexity index is 551. The van der Waals surface area contributed by atoms with Crippen molar-refractivity contribution >= 4 is 22.4 Å². The van der Waals surface area contributed by atoms with Crippen molar-refractivity contribution < 1.29 is 4.79 Å². The number of hydrogen-bond acceptors (Lipinski definition) is 4. The topological polar surface area (TPSA) is 68.0 Å². The maximum absolute atomic E-state index is 12.0. The fourth-order valence-corrected chi connectivity index (χ4v) is 2.32. The van der Waals surface area contributed by atoms with Crippen LogP contribution in [-0.4, -0.2) is 17.4 Å². The molecule has 2 aromatic rings. The molecule has 2 rings (SSSR count). The van der Waals surface area contributed by atoms with Crippen molar-refractivity contribution in [3.63, 3.8) is 0 Å². The van der Waals surface area contributed by atoms with Gasteiger partial charge < -0.3 is 5.73 Å². The quantitative estimate of drug-likeness (QED) is 0.886. The lowest BCUT2D eigenvalue weighted by molar-refractivity contribution is 0.102. The molecule has 0 aliphatic rings. The summed E-state index contributed by atoms with van der Waals surface area (Å²) in [6.07, 6.45) is 0.733. The summed E-state index contributed by atoms with van der Waals surface area (Å²) >= 11 is 1.42. The van der Waals surface area contributed by atoms with Crippen LogP contribution in [0.4, 0.5) is 5.13 Å². The average Bonchev–Trinajstić information content (AvgIpc) is 2.77. The molecule has 5 heteroatoms. The van der Waals surface area contributed by atoms with E-state index in [-0.39, 0.29) is 5.91 Å². The lowest BCUT2D eigenvalue weighted by Crippen LogP contribution is -2.12. The van der Waals surface area contributed by atoms with Crippen molar-refractivity contribution in [2.24, 2.45) is 5.73 Å². The molecule has 0 unspecified atom stereocenters. The molecule has 0 fully saturated rings. The minimum Gasteiger partial charge on any atom is -0.330 e. The molecule has 94 valence electrons. The Morgan fingerprint density at radius 1 is 1.50 bits per heavy atom. The van der Waals surface area contributed by atoms with Crippen LogP contribution in [0.3, 0.4) is 0 Å². The molecule has 0 aliphatic heterocycles. The van der Waals surface area contributed by atoms with Crippen LogP contribution in [0.15, 0.2) is 29.6 Å². The standard InChI is InChI=1S/C13H15N3OS/c1-9-3-2-4-10(7-9)12(17)16-13-15-11(5-6-14)8-18-13/h2-4,7-8H,5-6,14H2,1H3,(H,15,16,17). The molecule has 18 heavy (non-hydrogen) atoms.